The van der Waals surface area contributed by atoms with E-state index in [9.17, 15) is 4.79 Å². The minimum atomic E-state index is -0.338. The number of ether oxygens (including phenoxy) is 1. The van der Waals surface area contributed by atoms with Crippen LogP contribution in [0.2, 0.25) is 5.15 Å². The van der Waals surface area contributed by atoms with E-state index in [1.165, 1.54) is 6.21 Å². The number of benzene rings is 2. The van der Waals surface area contributed by atoms with Crippen molar-refractivity contribution in [1.82, 2.24) is 10.4 Å². The lowest BCUT2D eigenvalue weighted by atomic mass is 10.2. The number of aromatic nitrogens is 1. The molecule has 0 saturated carbocycles. The van der Waals surface area contributed by atoms with Crippen molar-refractivity contribution >= 4 is 34.6 Å². The number of rotatable bonds is 4. The summed E-state index contributed by atoms with van der Waals surface area (Å²) in [6, 6.07) is 16.3. The molecule has 1 N–H and O–H groups in total. The second-order valence-electron chi connectivity index (χ2n) is 4.99. The topological polar surface area (TPSA) is 63.6 Å². The standard InChI is InChI=1S/C18H14ClN3O2/c1-24-15-7-4-6-13(10-15)18(23)22-20-11-14-9-12-5-2-3-8-16(12)21-17(14)19/h2-11H,1H3,(H,22,23)/b20-11-. The number of para-hydroxylation sites is 1. The molecule has 1 aromatic heterocycles. The fourth-order valence-corrected chi connectivity index (χ4v) is 2.38. The average molecular weight is 340 g/mol. The molecule has 2 aromatic carbocycles. The van der Waals surface area contributed by atoms with Crippen LogP contribution in [0, 0.1) is 0 Å². The summed E-state index contributed by atoms with van der Waals surface area (Å²) < 4.78 is 5.09. The quantitative estimate of drug-likeness (QED) is 0.448. The minimum Gasteiger partial charge on any atom is -0.497 e. The number of hydrogen-bond acceptors (Lipinski definition) is 4. The van der Waals surface area contributed by atoms with E-state index in [1.54, 1.807) is 31.4 Å². The van der Waals surface area contributed by atoms with Crippen LogP contribution in [0.15, 0.2) is 59.7 Å². The van der Waals surface area contributed by atoms with Gasteiger partial charge in [0.1, 0.15) is 10.9 Å². The van der Waals surface area contributed by atoms with Gasteiger partial charge >= 0.3 is 0 Å². The number of hydrogen-bond donors (Lipinski definition) is 1. The van der Waals surface area contributed by atoms with Crippen molar-refractivity contribution < 1.29 is 9.53 Å². The molecule has 3 aromatic rings. The maximum absolute atomic E-state index is 12.1. The van der Waals surface area contributed by atoms with Gasteiger partial charge in [0.15, 0.2) is 0 Å². The normalized spacial score (nSPS) is 10.9. The molecule has 0 aliphatic rings. The maximum atomic E-state index is 12.1. The molecule has 3 rings (SSSR count). The molecule has 24 heavy (non-hydrogen) atoms. The Morgan fingerprint density at radius 2 is 2.04 bits per heavy atom. The number of nitrogens with one attached hydrogen (secondary N) is 1. The fraction of sp³-hybridized carbons (Fsp3) is 0.0556. The van der Waals surface area contributed by atoms with Gasteiger partial charge in [-0.3, -0.25) is 4.79 Å². The third-order valence-corrected chi connectivity index (χ3v) is 3.71. The van der Waals surface area contributed by atoms with E-state index in [4.69, 9.17) is 16.3 Å². The van der Waals surface area contributed by atoms with Crippen LogP contribution in [0.4, 0.5) is 0 Å². The first-order valence-corrected chi connectivity index (χ1v) is 7.58. The third-order valence-electron chi connectivity index (χ3n) is 3.41. The number of carbonyl (C=O) groups is 1. The molecule has 0 bridgehead atoms. The minimum absolute atomic E-state index is 0.327. The van der Waals surface area contributed by atoms with Gasteiger partial charge in [0.25, 0.3) is 5.91 Å². The zero-order chi connectivity index (χ0) is 16.9. The molecule has 1 amide bonds. The number of hydrazone groups is 1. The van der Waals surface area contributed by atoms with Crippen molar-refractivity contribution in [3.63, 3.8) is 0 Å². The molecule has 0 saturated heterocycles. The highest BCUT2D eigenvalue weighted by molar-refractivity contribution is 6.32. The predicted molar refractivity (Wildman–Crippen MR) is 94.8 cm³/mol. The number of carbonyl (C=O) groups excluding carboxylic acids is 1. The van der Waals surface area contributed by atoms with E-state index in [1.807, 2.05) is 30.3 Å². The summed E-state index contributed by atoms with van der Waals surface area (Å²) in [6.45, 7) is 0. The van der Waals surface area contributed by atoms with Gasteiger partial charge in [0.05, 0.1) is 18.8 Å². The van der Waals surface area contributed by atoms with E-state index >= 15 is 0 Å². The fourth-order valence-electron chi connectivity index (χ4n) is 2.19. The smallest absolute Gasteiger partial charge is 0.271 e. The number of methoxy groups -OCH3 is 1. The predicted octanol–water partition coefficient (Wildman–Crippen LogP) is 3.66. The summed E-state index contributed by atoms with van der Waals surface area (Å²) in [6.07, 6.45) is 1.47. The Morgan fingerprint density at radius 1 is 1.21 bits per heavy atom. The highest BCUT2D eigenvalue weighted by Crippen LogP contribution is 2.19. The molecular formula is C18H14ClN3O2. The van der Waals surface area contributed by atoms with Crippen molar-refractivity contribution in [3.8, 4) is 5.75 Å². The summed E-state index contributed by atoms with van der Waals surface area (Å²) >= 11 is 6.14. The summed E-state index contributed by atoms with van der Waals surface area (Å²) in [5.74, 6) is 0.267. The Hall–Kier alpha value is -2.92. The first-order valence-electron chi connectivity index (χ1n) is 7.20. The monoisotopic (exact) mass is 339 g/mol. The molecule has 0 atom stereocenters. The van der Waals surface area contributed by atoms with Crippen LogP contribution in [-0.4, -0.2) is 24.2 Å². The van der Waals surface area contributed by atoms with E-state index < -0.39 is 0 Å². The Balaban J connectivity index is 1.76. The van der Waals surface area contributed by atoms with Gasteiger partial charge in [-0.1, -0.05) is 35.9 Å². The molecule has 0 radical (unpaired) electrons. The third kappa shape index (κ3) is 3.52. The lowest BCUT2D eigenvalue weighted by Gasteiger charge is -2.04. The Kier molecular flexibility index (Phi) is 4.72. The number of nitrogens with zero attached hydrogens (tertiary/aromatic N) is 2. The lowest BCUT2D eigenvalue weighted by Crippen LogP contribution is -2.17. The number of amides is 1. The largest absolute Gasteiger partial charge is 0.497 e. The van der Waals surface area contributed by atoms with Gasteiger partial charge in [0.2, 0.25) is 0 Å². The maximum Gasteiger partial charge on any atom is 0.271 e. The molecule has 0 aliphatic carbocycles. The van der Waals surface area contributed by atoms with E-state index in [-0.39, 0.29) is 5.91 Å². The molecule has 0 unspecified atom stereocenters. The summed E-state index contributed by atoms with van der Waals surface area (Å²) in [4.78, 5) is 16.4. The first-order chi connectivity index (χ1) is 11.7. The molecular weight excluding hydrogens is 326 g/mol. The molecule has 0 aliphatic heterocycles. The summed E-state index contributed by atoms with van der Waals surface area (Å²) in [5, 5.41) is 5.22. The van der Waals surface area contributed by atoms with Gasteiger partial charge in [-0.15, -0.1) is 0 Å². The van der Waals surface area contributed by atoms with Crippen LogP contribution in [0.1, 0.15) is 15.9 Å². The SMILES string of the molecule is COc1cccc(C(=O)N/N=C\c2cc3ccccc3nc2Cl)c1. The molecule has 1 heterocycles. The average Bonchev–Trinajstić information content (AvgIpc) is 2.62. The zero-order valence-electron chi connectivity index (χ0n) is 12.9. The second-order valence-corrected chi connectivity index (χ2v) is 5.35. The highest BCUT2D eigenvalue weighted by Gasteiger charge is 2.06. The Morgan fingerprint density at radius 3 is 2.88 bits per heavy atom. The first kappa shape index (κ1) is 16.0. The van der Waals surface area contributed by atoms with E-state index in [0.717, 1.165) is 10.9 Å². The van der Waals surface area contributed by atoms with Gasteiger partial charge in [-0.25, -0.2) is 10.4 Å². The molecule has 5 nitrogen and oxygen atoms in total. The summed E-state index contributed by atoms with van der Waals surface area (Å²) in [7, 11) is 1.55. The Labute approximate surface area is 143 Å². The van der Waals surface area contributed by atoms with Crippen LogP contribution < -0.4 is 10.2 Å². The van der Waals surface area contributed by atoms with Crippen LogP contribution in [0.3, 0.4) is 0 Å². The number of halogens is 1. The van der Waals surface area contributed by atoms with Gasteiger partial charge < -0.3 is 4.74 Å². The van der Waals surface area contributed by atoms with Gasteiger partial charge in [0, 0.05) is 16.5 Å². The van der Waals surface area contributed by atoms with E-state index in [2.05, 4.69) is 15.5 Å². The van der Waals surface area contributed by atoms with Crippen LogP contribution >= 0.6 is 11.6 Å². The lowest BCUT2D eigenvalue weighted by molar-refractivity contribution is 0.0955. The van der Waals surface area contributed by atoms with Crippen LogP contribution in [0.5, 0.6) is 5.75 Å². The van der Waals surface area contributed by atoms with E-state index in [0.29, 0.717) is 22.0 Å². The van der Waals surface area contributed by atoms with Crippen molar-refractivity contribution in [3.05, 3.63) is 70.9 Å². The molecule has 6 heteroatoms. The van der Waals surface area contributed by atoms with Crippen molar-refractivity contribution in [2.75, 3.05) is 7.11 Å². The van der Waals surface area contributed by atoms with Crippen LogP contribution in [0.25, 0.3) is 10.9 Å². The Bertz CT molecular complexity index is 925. The number of fused-ring (bicyclic) bond motifs is 1. The van der Waals surface area contributed by atoms with Gasteiger partial charge in [-0.05, 0) is 30.3 Å². The van der Waals surface area contributed by atoms with Crippen molar-refractivity contribution in [1.29, 1.82) is 0 Å². The molecule has 120 valence electrons. The number of pyridine rings is 1. The molecule has 0 spiro atoms. The second kappa shape index (κ2) is 7.10. The summed E-state index contributed by atoms with van der Waals surface area (Å²) in [5.41, 5.74) is 4.35. The van der Waals surface area contributed by atoms with Gasteiger partial charge in [-0.2, -0.15) is 5.10 Å². The molecule has 0 fully saturated rings. The zero-order valence-corrected chi connectivity index (χ0v) is 13.6. The van der Waals surface area contributed by atoms with Crippen LogP contribution in [-0.2, 0) is 0 Å². The van der Waals surface area contributed by atoms with Crippen molar-refractivity contribution in [2.45, 2.75) is 0 Å². The van der Waals surface area contributed by atoms with Crippen molar-refractivity contribution in [2.24, 2.45) is 5.10 Å². The highest BCUT2D eigenvalue weighted by atomic mass is 35.5.